The molecule has 0 atom stereocenters. The van der Waals surface area contributed by atoms with Gasteiger partial charge in [-0.05, 0) is 0 Å². The van der Waals surface area contributed by atoms with Crippen LogP contribution >= 0.6 is 0 Å². The first-order chi connectivity index (χ1) is 3.93. The molecule has 0 fully saturated rings. The Morgan fingerprint density at radius 1 is 1.25 bits per heavy atom. The van der Waals surface area contributed by atoms with Crippen LogP contribution < -0.4 is 48.2 Å². The van der Waals surface area contributed by atoms with Crippen molar-refractivity contribution in [3.63, 3.8) is 0 Å². The van der Waals surface area contributed by atoms with E-state index in [0.29, 0.717) is 0 Å². The van der Waals surface area contributed by atoms with E-state index in [1.165, 1.54) is 0 Å². The fraction of sp³-hybridized carbons (Fsp3) is 0. The summed E-state index contributed by atoms with van der Waals surface area (Å²) in [5.41, 5.74) is 1.14. The molecule has 0 saturated carbocycles. The van der Waals surface area contributed by atoms with Gasteiger partial charge in [0.1, 0.15) is 0 Å². The molecule has 1 aromatic rings. The molecule has 0 aromatic heterocycles. The third-order valence-corrected chi connectivity index (χ3v) is 0.980. The molecule has 0 aliphatic heterocycles. The minimum Gasteiger partial charge on any atom is -1.00 e. The maximum atomic E-state index is 3.62. The van der Waals surface area contributed by atoms with Crippen molar-refractivity contribution < 1.29 is 48.2 Å². The Morgan fingerprint density at radius 2 is 1.67 bits per heavy atom. The fourth-order valence-electron chi connectivity index (χ4n) is 0.536. The normalized spacial score (nSPS) is 5.67. The van der Waals surface area contributed by atoms with Crippen molar-refractivity contribution in [1.29, 1.82) is 0 Å². The van der Waals surface area contributed by atoms with E-state index in [0.717, 1.165) is 5.56 Å². The van der Waals surface area contributed by atoms with E-state index >= 15 is 0 Å². The van der Waals surface area contributed by atoms with Gasteiger partial charge in [0.25, 0.3) is 0 Å². The number of rotatable bonds is 1. The van der Waals surface area contributed by atoms with Crippen LogP contribution in [0.15, 0.2) is 30.8 Å². The summed E-state index contributed by atoms with van der Waals surface area (Å²) in [6.45, 7) is 3.62. The molecule has 0 aliphatic carbocycles. The molecule has 0 saturated heterocycles. The Bertz CT molecular complexity index is 182. The summed E-state index contributed by atoms with van der Waals surface area (Å²) in [7, 11) is 0. The predicted octanol–water partition coefficient (Wildman–Crippen LogP) is -7.24. The molecule has 1 rings (SSSR count). The van der Waals surface area contributed by atoms with Crippen molar-refractivity contribution >= 4 is 29.1 Å². The van der Waals surface area contributed by atoms with E-state index in [1.807, 2.05) is 30.3 Å². The van der Waals surface area contributed by atoms with Gasteiger partial charge in [0.2, 0.25) is 0 Å². The van der Waals surface area contributed by atoms with Gasteiger partial charge in [-0.3, -0.25) is 0 Å². The van der Waals surface area contributed by atoms with Gasteiger partial charge in [-0.15, -0.1) is 12.1 Å². The Labute approximate surface area is 119 Å². The smallest absolute Gasteiger partial charge is 1.00 e. The molecule has 56 valence electrons. The van der Waals surface area contributed by atoms with Gasteiger partial charge < -0.3 is 29.4 Å². The van der Waals surface area contributed by atoms with Gasteiger partial charge in [-0.25, -0.2) is 0 Å². The zero-order valence-corrected chi connectivity index (χ0v) is 10.8. The predicted molar refractivity (Wildman–Crippen MR) is 41.1 cm³/mol. The van der Waals surface area contributed by atoms with Crippen molar-refractivity contribution in [2.24, 2.45) is 0 Å². The van der Waals surface area contributed by atoms with Crippen molar-refractivity contribution in [1.82, 2.24) is 0 Å². The molecule has 0 nitrogen and oxygen atoms in total. The average Bonchev–Trinajstić information content (AvgIpc) is 1.90. The van der Waals surface area contributed by atoms with Gasteiger partial charge in [0.05, 0.1) is 0 Å². The molecule has 0 unspecified atom stereocenters. The molecule has 0 heterocycles. The first-order valence-electron chi connectivity index (χ1n) is 2.52. The van der Waals surface area contributed by atoms with Crippen molar-refractivity contribution in [2.75, 3.05) is 0 Å². The third-order valence-electron chi connectivity index (χ3n) is 0.980. The van der Waals surface area contributed by atoms with E-state index in [1.54, 1.807) is 0 Å². The molecule has 1 aromatic carbocycles. The maximum absolute atomic E-state index is 3.62. The molecular weight excluding hydrogens is 243 g/mol. The summed E-state index contributed by atoms with van der Waals surface area (Å²) in [6.07, 6.45) is 1.81. The molecule has 0 amide bonds. The Hall–Kier alpha value is 1.09. The summed E-state index contributed by atoms with van der Waals surface area (Å²) in [6, 6.07) is 10.6. The number of halogens is 2. The zero-order chi connectivity index (χ0) is 5.82. The summed E-state index contributed by atoms with van der Waals surface area (Å²) < 4.78 is 0. The van der Waals surface area contributed by atoms with E-state index < -0.39 is 0 Å². The Balaban J connectivity index is -0.0000000800. The Kier molecular flexibility index (Phi) is 28.2. The molecule has 0 bridgehead atoms. The largest absolute Gasteiger partial charge is 2.00 e. The fourth-order valence-corrected chi connectivity index (χ4v) is 0.536. The molecule has 4 heteroatoms. The SMILES string of the molecule is C=Cc1cc[c-]cc1.[Br-].[Cl-].[Li+].[Mg+2]. The van der Waals surface area contributed by atoms with Gasteiger partial charge in [0.15, 0.2) is 0 Å². The molecular formula is C8H7BrClLiMg. The first-order valence-corrected chi connectivity index (χ1v) is 2.52. The standard InChI is InChI=1S/C8H7.BrH.ClH.Li.Mg/c1-2-8-6-4-3-5-7-8;;;;/h2,4-7H,1H2;2*1H;;/q-1;;;+1;+2/p-2. The minimum absolute atomic E-state index is 0. The van der Waals surface area contributed by atoms with Crippen LogP contribution in [0, 0.1) is 6.07 Å². The summed E-state index contributed by atoms with van der Waals surface area (Å²) >= 11 is 0. The van der Waals surface area contributed by atoms with Crippen molar-refractivity contribution in [2.45, 2.75) is 0 Å². The van der Waals surface area contributed by atoms with Gasteiger partial charge in [0, 0.05) is 0 Å². The number of benzene rings is 1. The second-order valence-corrected chi connectivity index (χ2v) is 1.54. The Morgan fingerprint density at radius 3 is 1.92 bits per heavy atom. The van der Waals surface area contributed by atoms with E-state index in [4.69, 9.17) is 0 Å². The third kappa shape index (κ3) is 9.18. The zero-order valence-electron chi connectivity index (χ0n) is 7.06. The van der Waals surface area contributed by atoms with Gasteiger partial charge in [-0.1, -0.05) is 6.08 Å². The van der Waals surface area contributed by atoms with Crippen LogP contribution in [0.2, 0.25) is 0 Å². The van der Waals surface area contributed by atoms with E-state index in [9.17, 15) is 0 Å². The quantitative estimate of drug-likeness (QED) is 0.343. The number of hydrogen-bond acceptors (Lipinski definition) is 0. The topological polar surface area (TPSA) is 0 Å². The molecule has 0 N–H and O–H groups in total. The van der Waals surface area contributed by atoms with Crippen LogP contribution in [0.5, 0.6) is 0 Å². The maximum Gasteiger partial charge on any atom is 2.00 e. The summed E-state index contributed by atoms with van der Waals surface area (Å²) in [5.74, 6) is 0. The molecule has 12 heavy (non-hydrogen) atoms. The second kappa shape index (κ2) is 14.6. The van der Waals surface area contributed by atoms with Gasteiger partial charge >= 0.3 is 41.9 Å². The van der Waals surface area contributed by atoms with Crippen molar-refractivity contribution in [3.05, 3.63) is 42.5 Å². The van der Waals surface area contributed by atoms with E-state index in [-0.39, 0.29) is 71.3 Å². The van der Waals surface area contributed by atoms with Crippen LogP contribution in [0.25, 0.3) is 6.08 Å². The average molecular weight is 250 g/mol. The van der Waals surface area contributed by atoms with Crippen molar-refractivity contribution in [3.8, 4) is 0 Å². The van der Waals surface area contributed by atoms with Crippen LogP contribution in [-0.4, -0.2) is 23.1 Å². The molecule has 0 aliphatic rings. The van der Waals surface area contributed by atoms with E-state index in [2.05, 4.69) is 12.6 Å². The first kappa shape index (κ1) is 23.2. The van der Waals surface area contributed by atoms with Crippen LogP contribution in [0.4, 0.5) is 0 Å². The number of hydrogen-bond donors (Lipinski definition) is 0. The summed E-state index contributed by atoms with van der Waals surface area (Å²) in [5, 5.41) is 0. The van der Waals surface area contributed by atoms with Crippen LogP contribution in [0.1, 0.15) is 5.56 Å². The van der Waals surface area contributed by atoms with Crippen LogP contribution in [0.3, 0.4) is 0 Å². The second-order valence-electron chi connectivity index (χ2n) is 1.54. The molecule has 0 radical (unpaired) electrons. The minimum atomic E-state index is 0. The van der Waals surface area contributed by atoms with Gasteiger partial charge in [-0.2, -0.15) is 30.3 Å². The monoisotopic (exact) mass is 248 g/mol. The summed E-state index contributed by atoms with van der Waals surface area (Å²) in [4.78, 5) is 0. The van der Waals surface area contributed by atoms with Crippen LogP contribution in [-0.2, 0) is 0 Å². The molecule has 0 spiro atoms.